The van der Waals surface area contributed by atoms with Crippen molar-refractivity contribution in [3.8, 4) is 0 Å². The molecule has 0 aromatic rings. The fraction of sp³-hybridized carbons (Fsp3) is 0.929. The number of hydrogen-bond acceptors (Lipinski definition) is 2. The zero-order valence-electron chi connectivity index (χ0n) is 23.1. The molecule has 0 fully saturated rings. The van der Waals surface area contributed by atoms with E-state index in [2.05, 4.69) is 41.5 Å². The fourth-order valence-corrected chi connectivity index (χ4v) is 7.25. The van der Waals surface area contributed by atoms with Gasteiger partial charge in [-0.3, -0.25) is 9.59 Å². The second-order valence-corrected chi connectivity index (χ2v) is 14.2. The Morgan fingerprint density at radius 1 is 0.576 bits per heavy atom. The molecular weight excluding hydrogens is 519 g/mol. The van der Waals surface area contributed by atoms with Gasteiger partial charge in [0.1, 0.15) is 0 Å². The van der Waals surface area contributed by atoms with Crippen LogP contribution in [0.15, 0.2) is 0 Å². The van der Waals surface area contributed by atoms with Crippen molar-refractivity contribution >= 4 is 33.1 Å². The van der Waals surface area contributed by atoms with Gasteiger partial charge in [-0.1, -0.05) is 79.1 Å². The first-order chi connectivity index (χ1) is 15.7. The van der Waals surface area contributed by atoms with Crippen molar-refractivity contribution in [1.29, 1.82) is 0 Å². The van der Waals surface area contributed by atoms with Gasteiger partial charge in [0.05, 0.1) is 0 Å². The van der Waals surface area contributed by atoms with E-state index in [4.69, 9.17) is 10.2 Å². The third-order valence-electron chi connectivity index (χ3n) is 5.26. The number of unbranched alkanes of at least 4 members (excludes halogenated alkanes) is 8. The van der Waals surface area contributed by atoms with Crippen molar-refractivity contribution in [3.05, 3.63) is 0 Å². The summed E-state index contributed by atoms with van der Waals surface area (Å²) in [7, 11) is 0. The summed E-state index contributed by atoms with van der Waals surface area (Å²) in [5, 5.41) is 16.7. The van der Waals surface area contributed by atoms with E-state index in [1.54, 1.807) is 8.87 Å². The third kappa shape index (κ3) is 49.8. The Kier molecular flexibility index (Phi) is 35.9. The maximum atomic E-state index is 10.1. The van der Waals surface area contributed by atoms with Crippen LogP contribution in [-0.2, 0) is 9.59 Å². The SMILES string of the molecule is CC(C)CCCCCCC(=O)O.CC(C)CCCCCCC(=O)O.CCC[CH2][Sn][CH2]CCC. The normalized spacial score (nSPS) is 10.4. The first kappa shape index (κ1) is 37.3. The molecule has 198 valence electrons. The van der Waals surface area contributed by atoms with E-state index in [0.29, 0.717) is 12.8 Å². The molecule has 2 radical (unpaired) electrons. The van der Waals surface area contributed by atoms with Crippen LogP contribution in [0.4, 0.5) is 0 Å². The number of carboxylic acids is 2. The molecule has 0 atom stereocenters. The average Bonchev–Trinajstić information content (AvgIpc) is 2.73. The molecule has 0 heterocycles. The van der Waals surface area contributed by atoms with Gasteiger partial charge in [0, 0.05) is 12.8 Å². The molecule has 0 saturated carbocycles. The molecule has 0 spiro atoms. The van der Waals surface area contributed by atoms with Crippen molar-refractivity contribution < 1.29 is 19.8 Å². The topological polar surface area (TPSA) is 74.6 Å². The van der Waals surface area contributed by atoms with E-state index >= 15 is 0 Å². The van der Waals surface area contributed by atoms with Crippen molar-refractivity contribution in [2.75, 3.05) is 0 Å². The van der Waals surface area contributed by atoms with Crippen LogP contribution in [0.1, 0.15) is 144 Å². The first-order valence-electron chi connectivity index (χ1n) is 13.8. The van der Waals surface area contributed by atoms with E-state index in [1.807, 2.05) is 0 Å². The summed E-state index contributed by atoms with van der Waals surface area (Å²) >= 11 is 0.149. The van der Waals surface area contributed by atoms with Crippen LogP contribution < -0.4 is 0 Å². The predicted octanol–water partition coefficient (Wildman–Crippen LogP) is 9.26. The van der Waals surface area contributed by atoms with E-state index in [-0.39, 0.29) is 21.1 Å². The zero-order chi connectivity index (χ0) is 25.7. The summed E-state index contributed by atoms with van der Waals surface area (Å²) in [6.45, 7) is 13.5. The Morgan fingerprint density at radius 2 is 0.909 bits per heavy atom. The average molecular weight is 577 g/mol. The Balaban J connectivity index is -0.000000414. The second-order valence-electron chi connectivity index (χ2n) is 9.94. The molecule has 0 aliphatic heterocycles. The van der Waals surface area contributed by atoms with Crippen LogP contribution in [-0.4, -0.2) is 43.3 Å². The van der Waals surface area contributed by atoms with Gasteiger partial charge in [-0.2, -0.15) is 0 Å². The molecule has 0 bridgehead atoms. The molecule has 0 amide bonds. The standard InChI is InChI=1S/2C10H20O2.2C4H9.Sn/c2*1-9(2)7-5-3-4-6-8-10(11)12;2*1-3-4-2;/h2*9H,3-8H2,1-2H3,(H,11,12);2*1,3-4H2,2H3;. The van der Waals surface area contributed by atoms with Crippen molar-refractivity contribution in [2.24, 2.45) is 11.8 Å². The molecule has 33 heavy (non-hydrogen) atoms. The Labute approximate surface area is 217 Å². The molecular formula is C28H58O4Sn. The second kappa shape index (κ2) is 31.7. The van der Waals surface area contributed by atoms with E-state index in [0.717, 1.165) is 37.5 Å². The van der Waals surface area contributed by atoms with Crippen LogP contribution in [0, 0.1) is 11.8 Å². The molecule has 0 saturated heterocycles. The van der Waals surface area contributed by atoms with Crippen LogP contribution in [0.25, 0.3) is 0 Å². The molecule has 4 nitrogen and oxygen atoms in total. The Bertz CT molecular complexity index is 361. The molecule has 0 unspecified atom stereocenters. The molecule has 0 aromatic carbocycles. The number of carbonyl (C=O) groups is 2. The summed E-state index contributed by atoms with van der Waals surface area (Å²) in [6, 6.07) is 0. The minimum atomic E-state index is -0.668. The van der Waals surface area contributed by atoms with Crippen LogP contribution in [0.3, 0.4) is 0 Å². The van der Waals surface area contributed by atoms with Crippen LogP contribution in [0.5, 0.6) is 0 Å². The molecule has 5 heteroatoms. The molecule has 0 rings (SSSR count). The molecule has 2 N–H and O–H groups in total. The Hall–Kier alpha value is -0.261. The predicted molar refractivity (Wildman–Crippen MR) is 146 cm³/mol. The summed E-state index contributed by atoms with van der Waals surface area (Å²) in [5.41, 5.74) is 0. The molecule has 0 aromatic heterocycles. The molecule has 0 aliphatic rings. The summed E-state index contributed by atoms with van der Waals surface area (Å²) in [6.07, 6.45) is 17.7. The van der Waals surface area contributed by atoms with Gasteiger partial charge in [0.25, 0.3) is 0 Å². The van der Waals surface area contributed by atoms with Gasteiger partial charge in [-0.05, 0) is 24.7 Å². The van der Waals surface area contributed by atoms with Gasteiger partial charge in [0.2, 0.25) is 0 Å². The number of hydrogen-bond donors (Lipinski definition) is 2. The Morgan fingerprint density at radius 3 is 1.18 bits per heavy atom. The van der Waals surface area contributed by atoms with Gasteiger partial charge >= 0.3 is 81.5 Å². The first-order valence-corrected chi connectivity index (χ1v) is 17.8. The number of rotatable bonds is 20. The van der Waals surface area contributed by atoms with Crippen LogP contribution >= 0.6 is 0 Å². The monoisotopic (exact) mass is 578 g/mol. The van der Waals surface area contributed by atoms with E-state index < -0.39 is 11.9 Å². The van der Waals surface area contributed by atoms with Gasteiger partial charge in [-0.15, -0.1) is 0 Å². The van der Waals surface area contributed by atoms with Crippen LogP contribution in [0.2, 0.25) is 8.87 Å². The minimum absolute atomic E-state index is 0.149. The number of aliphatic carboxylic acids is 2. The zero-order valence-corrected chi connectivity index (χ0v) is 25.9. The van der Waals surface area contributed by atoms with Crippen molar-refractivity contribution in [2.45, 2.75) is 153 Å². The van der Waals surface area contributed by atoms with Gasteiger partial charge in [0.15, 0.2) is 0 Å². The summed E-state index contributed by atoms with van der Waals surface area (Å²) < 4.78 is 3.25. The number of carboxylic acid groups (broad SMARTS) is 2. The van der Waals surface area contributed by atoms with Gasteiger partial charge in [-0.25, -0.2) is 0 Å². The van der Waals surface area contributed by atoms with Crippen molar-refractivity contribution in [1.82, 2.24) is 0 Å². The van der Waals surface area contributed by atoms with Gasteiger partial charge < -0.3 is 10.2 Å². The quantitative estimate of drug-likeness (QED) is 0.112. The fourth-order valence-electron chi connectivity index (χ4n) is 3.09. The van der Waals surface area contributed by atoms with E-state index in [9.17, 15) is 9.59 Å². The summed E-state index contributed by atoms with van der Waals surface area (Å²) in [4.78, 5) is 20.3. The van der Waals surface area contributed by atoms with E-state index in [1.165, 1.54) is 64.2 Å². The third-order valence-corrected chi connectivity index (χ3v) is 9.29. The van der Waals surface area contributed by atoms with Crippen molar-refractivity contribution in [3.63, 3.8) is 0 Å². The maximum absolute atomic E-state index is 10.1. The summed E-state index contributed by atoms with van der Waals surface area (Å²) in [5.74, 6) is 0.228. The molecule has 0 aliphatic carbocycles.